The Morgan fingerprint density at radius 1 is 1.23 bits per heavy atom. The van der Waals surface area contributed by atoms with Crippen LogP contribution in [0.25, 0.3) is 0 Å². The Morgan fingerprint density at radius 2 is 1.97 bits per heavy atom. The van der Waals surface area contributed by atoms with Crippen LogP contribution in [0.3, 0.4) is 0 Å². The summed E-state index contributed by atoms with van der Waals surface area (Å²) < 4.78 is 1.69. The van der Waals surface area contributed by atoms with Crippen molar-refractivity contribution in [3.63, 3.8) is 0 Å². The van der Waals surface area contributed by atoms with Gasteiger partial charge in [-0.05, 0) is 44.1 Å². The van der Waals surface area contributed by atoms with Crippen LogP contribution in [0.4, 0.5) is 0 Å². The number of rotatable bonds is 7. The maximum atomic E-state index is 13.4. The molecule has 2 aromatic rings. The van der Waals surface area contributed by atoms with E-state index in [1.165, 1.54) is 5.56 Å². The van der Waals surface area contributed by atoms with Crippen LogP contribution < -0.4 is 5.56 Å². The van der Waals surface area contributed by atoms with Crippen molar-refractivity contribution in [1.82, 2.24) is 14.5 Å². The lowest BCUT2D eigenvalue weighted by Gasteiger charge is -2.22. The monoisotopic (exact) mass is 409 g/mol. The fourth-order valence-electron chi connectivity index (χ4n) is 4.57. The first-order valence-corrected chi connectivity index (χ1v) is 11.2. The van der Waals surface area contributed by atoms with Gasteiger partial charge in [-0.2, -0.15) is 4.98 Å². The normalized spacial score (nSPS) is 19.8. The second kappa shape index (κ2) is 8.62. The van der Waals surface area contributed by atoms with E-state index in [2.05, 4.69) is 24.0 Å². The Labute approximate surface area is 177 Å². The Balaban J connectivity index is 1.64. The zero-order chi connectivity index (χ0) is 21.3. The summed E-state index contributed by atoms with van der Waals surface area (Å²) >= 11 is 0. The molecule has 0 radical (unpaired) electrons. The van der Waals surface area contributed by atoms with E-state index in [0.717, 1.165) is 32.1 Å². The second-order valence-corrected chi connectivity index (χ2v) is 8.73. The number of carbonyl (C=O) groups excluding carboxylic acids is 1. The average molecular weight is 410 g/mol. The van der Waals surface area contributed by atoms with E-state index < -0.39 is 11.8 Å². The quantitative estimate of drug-likeness (QED) is 0.753. The largest absolute Gasteiger partial charge is 0.493 e. The highest BCUT2D eigenvalue weighted by molar-refractivity contribution is 5.96. The number of carbonyl (C=O) groups is 1. The zero-order valence-corrected chi connectivity index (χ0v) is 17.9. The van der Waals surface area contributed by atoms with Gasteiger partial charge in [0.05, 0.1) is 0 Å². The molecule has 1 aliphatic heterocycles. The molecule has 2 heterocycles. The number of amides is 1. The minimum absolute atomic E-state index is 0.000323. The molecular formula is C24H31N3O3. The van der Waals surface area contributed by atoms with E-state index in [0.29, 0.717) is 31.3 Å². The van der Waals surface area contributed by atoms with E-state index in [-0.39, 0.29) is 23.1 Å². The third-order valence-electron chi connectivity index (χ3n) is 6.60. The summed E-state index contributed by atoms with van der Waals surface area (Å²) in [6.07, 6.45) is 5.53. The zero-order valence-electron chi connectivity index (χ0n) is 17.9. The number of aromatic nitrogens is 2. The van der Waals surface area contributed by atoms with Crippen molar-refractivity contribution in [3.05, 3.63) is 57.6 Å². The van der Waals surface area contributed by atoms with Gasteiger partial charge in [-0.25, -0.2) is 0 Å². The highest BCUT2D eigenvalue weighted by Crippen LogP contribution is 2.39. The van der Waals surface area contributed by atoms with E-state index in [4.69, 9.17) is 0 Å². The first-order valence-electron chi connectivity index (χ1n) is 11.2. The van der Waals surface area contributed by atoms with Gasteiger partial charge in [0.25, 0.3) is 11.5 Å². The molecule has 6 nitrogen and oxygen atoms in total. The lowest BCUT2D eigenvalue weighted by molar-refractivity contribution is 0.0783. The minimum atomic E-state index is -0.418. The molecular weight excluding hydrogens is 378 g/mol. The topological polar surface area (TPSA) is 75.4 Å². The third-order valence-corrected chi connectivity index (χ3v) is 6.60. The van der Waals surface area contributed by atoms with E-state index in [1.807, 2.05) is 25.1 Å². The standard InChI is InChI=1S/C24H31N3O3/c1-3-4-10-20-25-22(28)21(24(30)27(20)16(2)17-11-12-17)23(29)26-14-13-19(15-26)18-8-6-5-7-9-18/h5-9,16-17,19,28H,3-4,10-15H2,1-2H3/t16?,19-/m1/s1. The predicted molar refractivity (Wildman–Crippen MR) is 116 cm³/mol. The second-order valence-electron chi connectivity index (χ2n) is 8.73. The summed E-state index contributed by atoms with van der Waals surface area (Å²) in [7, 11) is 0. The number of benzene rings is 1. The number of hydrogen-bond donors (Lipinski definition) is 1. The van der Waals surface area contributed by atoms with Crippen LogP contribution in [-0.4, -0.2) is 38.6 Å². The van der Waals surface area contributed by atoms with Crippen molar-refractivity contribution < 1.29 is 9.90 Å². The molecule has 6 heteroatoms. The first kappa shape index (κ1) is 20.6. The van der Waals surface area contributed by atoms with Gasteiger partial charge < -0.3 is 10.0 Å². The summed E-state index contributed by atoms with van der Waals surface area (Å²) in [5.74, 6) is 0.480. The SMILES string of the molecule is CCCCc1nc(O)c(C(=O)N2CC[C@@H](c3ccccc3)C2)c(=O)n1C(C)C1CC1. The van der Waals surface area contributed by atoms with Crippen LogP contribution in [0.15, 0.2) is 35.1 Å². The Kier molecular flexibility index (Phi) is 5.93. The Bertz CT molecular complexity index is 966. The molecule has 1 N–H and O–H groups in total. The maximum Gasteiger partial charge on any atom is 0.270 e. The van der Waals surface area contributed by atoms with Gasteiger partial charge in [-0.1, -0.05) is 43.7 Å². The third kappa shape index (κ3) is 4.00. The summed E-state index contributed by atoms with van der Waals surface area (Å²) in [5.41, 5.74) is 0.641. The molecule has 2 aliphatic rings. The van der Waals surface area contributed by atoms with Crippen molar-refractivity contribution in [1.29, 1.82) is 0 Å². The highest BCUT2D eigenvalue weighted by Gasteiger charge is 2.35. The number of likely N-dealkylation sites (tertiary alicyclic amines) is 1. The smallest absolute Gasteiger partial charge is 0.270 e. The van der Waals surface area contributed by atoms with Crippen LogP contribution in [0.2, 0.25) is 0 Å². The summed E-state index contributed by atoms with van der Waals surface area (Å²) in [6, 6.07) is 10.1. The van der Waals surface area contributed by atoms with Crippen LogP contribution in [-0.2, 0) is 6.42 Å². The molecule has 0 bridgehead atoms. The molecule has 1 aromatic carbocycles. The number of hydrogen-bond acceptors (Lipinski definition) is 4. The molecule has 1 aliphatic carbocycles. The van der Waals surface area contributed by atoms with Crippen molar-refractivity contribution in [2.45, 2.75) is 64.3 Å². The number of nitrogens with zero attached hydrogens (tertiary/aromatic N) is 3. The van der Waals surface area contributed by atoms with Crippen LogP contribution in [0.5, 0.6) is 5.88 Å². The molecule has 2 fully saturated rings. The summed E-state index contributed by atoms with van der Waals surface area (Å²) in [5, 5.41) is 10.6. The molecule has 0 spiro atoms. The van der Waals surface area contributed by atoms with Crippen molar-refractivity contribution in [2.24, 2.45) is 5.92 Å². The molecule has 2 atom stereocenters. The number of aromatic hydroxyl groups is 1. The Morgan fingerprint density at radius 3 is 2.63 bits per heavy atom. The minimum Gasteiger partial charge on any atom is -0.493 e. The van der Waals surface area contributed by atoms with Gasteiger partial charge in [-0.15, -0.1) is 0 Å². The maximum absolute atomic E-state index is 13.4. The molecule has 1 saturated heterocycles. The van der Waals surface area contributed by atoms with Crippen molar-refractivity contribution in [2.75, 3.05) is 13.1 Å². The lowest BCUT2D eigenvalue weighted by atomic mass is 9.99. The molecule has 160 valence electrons. The van der Waals surface area contributed by atoms with Crippen LogP contribution >= 0.6 is 0 Å². The van der Waals surface area contributed by atoms with Gasteiger partial charge in [0.15, 0.2) is 5.56 Å². The van der Waals surface area contributed by atoms with E-state index in [9.17, 15) is 14.7 Å². The highest BCUT2D eigenvalue weighted by atomic mass is 16.3. The molecule has 1 saturated carbocycles. The van der Waals surface area contributed by atoms with E-state index in [1.54, 1.807) is 9.47 Å². The van der Waals surface area contributed by atoms with Crippen LogP contribution in [0, 0.1) is 5.92 Å². The molecule has 1 amide bonds. The predicted octanol–water partition coefficient (Wildman–Crippen LogP) is 3.89. The lowest BCUT2D eigenvalue weighted by Crippen LogP contribution is -2.38. The first-order chi connectivity index (χ1) is 14.5. The van der Waals surface area contributed by atoms with Gasteiger partial charge in [0.2, 0.25) is 5.88 Å². The van der Waals surface area contributed by atoms with Gasteiger partial charge >= 0.3 is 0 Å². The van der Waals surface area contributed by atoms with Crippen LogP contribution in [0.1, 0.15) is 79.7 Å². The van der Waals surface area contributed by atoms with Gasteiger partial charge in [0.1, 0.15) is 5.82 Å². The van der Waals surface area contributed by atoms with Gasteiger partial charge in [0, 0.05) is 31.5 Å². The van der Waals surface area contributed by atoms with Gasteiger partial charge in [-0.3, -0.25) is 14.2 Å². The molecule has 30 heavy (non-hydrogen) atoms. The molecule has 1 aromatic heterocycles. The van der Waals surface area contributed by atoms with E-state index >= 15 is 0 Å². The number of aryl methyl sites for hydroxylation is 1. The fourth-order valence-corrected chi connectivity index (χ4v) is 4.57. The number of unbranched alkanes of at least 4 members (excludes halogenated alkanes) is 1. The molecule has 1 unspecified atom stereocenters. The molecule has 4 rings (SSSR count). The summed E-state index contributed by atoms with van der Waals surface area (Å²) in [4.78, 5) is 32.7. The van der Waals surface area contributed by atoms with Crippen molar-refractivity contribution in [3.8, 4) is 5.88 Å². The average Bonchev–Trinajstić information content (AvgIpc) is 3.48. The Hall–Kier alpha value is -2.63. The summed E-state index contributed by atoms with van der Waals surface area (Å²) in [6.45, 7) is 5.24. The fraction of sp³-hybridized carbons (Fsp3) is 0.542. The van der Waals surface area contributed by atoms with Crippen molar-refractivity contribution >= 4 is 5.91 Å².